The lowest BCUT2D eigenvalue weighted by Crippen LogP contribution is -2.34. The van der Waals surface area contributed by atoms with E-state index < -0.39 is 11.4 Å². The largest absolute Gasteiger partial charge is 0.497 e. The number of hydrogen-bond acceptors (Lipinski definition) is 5. The summed E-state index contributed by atoms with van der Waals surface area (Å²) in [5.74, 6) is -0.280. The first kappa shape index (κ1) is 22.9. The standard InChI is InChI=1S/C26H20BrFN4O3/c1-35-19-9-7-17(8-10-19)23-13-22(16-5-3-2-4-6-16)30-32(23)24(33)14-31-15-29-25-20(26(31)34)11-18(27)12-21(25)28/h2-12,15,23H,13-14H2,1H3. The molecule has 0 bridgehead atoms. The maximum absolute atomic E-state index is 14.2. The lowest BCUT2D eigenvalue weighted by Gasteiger charge is -2.22. The topological polar surface area (TPSA) is 76.8 Å². The van der Waals surface area contributed by atoms with E-state index in [4.69, 9.17) is 4.74 Å². The van der Waals surface area contributed by atoms with Gasteiger partial charge in [-0.15, -0.1) is 0 Å². The third-order valence-corrected chi connectivity index (χ3v) is 6.38. The van der Waals surface area contributed by atoms with Gasteiger partial charge < -0.3 is 4.74 Å². The van der Waals surface area contributed by atoms with Gasteiger partial charge in [0.2, 0.25) is 0 Å². The number of amides is 1. The molecule has 1 amide bonds. The third kappa shape index (κ3) is 4.46. The number of methoxy groups -OCH3 is 1. The van der Waals surface area contributed by atoms with E-state index in [1.54, 1.807) is 7.11 Å². The number of hydrazone groups is 1. The number of benzene rings is 3. The highest BCUT2D eigenvalue weighted by atomic mass is 79.9. The zero-order valence-corrected chi connectivity index (χ0v) is 20.3. The summed E-state index contributed by atoms with van der Waals surface area (Å²) in [5.41, 5.74) is 2.05. The van der Waals surface area contributed by atoms with Crippen LogP contribution in [-0.2, 0) is 11.3 Å². The van der Waals surface area contributed by atoms with Crippen molar-refractivity contribution in [1.29, 1.82) is 0 Å². The molecular weight excluding hydrogens is 515 g/mol. The van der Waals surface area contributed by atoms with Gasteiger partial charge in [0.1, 0.15) is 17.8 Å². The lowest BCUT2D eigenvalue weighted by atomic mass is 9.98. The molecule has 0 radical (unpaired) electrons. The van der Waals surface area contributed by atoms with Gasteiger partial charge in [-0.25, -0.2) is 14.4 Å². The second-order valence-electron chi connectivity index (χ2n) is 8.11. The Kier molecular flexibility index (Phi) is 6.17. The molecule has 1 atom stereocenters. The second-order valence-corrected chi connectivity index (χ2v) is 9.02. The van der Waals surface area contributed by atoms with Crippen molar-refractivity contribution < 1.29 is 13.9 Å². The predicted molar refractivity (Wildman–Crippen MR) is 134 cm³/mol. The summed E-state index contributed by atoms with van der Waals surface area (Å²) in [6, 6.07) is 19.5. The highest BCUT2D eigenvalue weighted by Crippen LogP contribution is 2.33. The Morgan fingerprint density at radius 3 is 2.60 bits per heavy atom. The zero-order valence-electron chi connectivity index (χ0n) is 18.7. The lowest BCUT2D eigenvalue weighted by molar-refractivity contribution is -0.133. The Morgan fingerprint density at radius 1 is 1.14 bits per heavy atom. The van der Waals surface area contributed by atoms with E-state index >= 15 is 0 Å². The summed E-state index contributed by atoms with van der Waals surface area (Å²) in [4.78, 5) is 30.5. The predicted octanol–water partition coefficient (Wildman–Crippen LogP) is 4.68. The summed E-state index contributed by atoms with van der Waals surface area (Å²) in [6.07, 6.45) is 1.71. The Hall–Kier alpha value is -3.85. The number of rotatable bonds is 5. The van der Waals surface area contributed by atoms with Crippen LogP contribution in [0, 0.1) is 5.82 Å². The van der Waals surface area contributed by atoms with Gasteiger partial charge in [-0.1, -0.05) is 58.4 Å². The molecule has 3 aromatic carbocycles. The van der Waals surface area contributed by atoms with Gasteiger partial charge in [0.25, 0.3) is 11.5 Å². The number of carbonyl (C=O) groups excluding carboxylic acids is 1. The van der Waals surface area contributed by atoms with Gasteiger partial charge in [-0.3, -0.25) is 14.2 Å². The number of halogens is 2. The molecular formula is C26H20BrFN4O3. The van der Waals surface area contributed by atoms with Gasteiger partial charge in [0, 0.05) is 10.9 Å². The van der Waals surface area contributed by atoms with E-state index in [0.717, 1.165) is 16.8 Å². The number of fused-ring (bicyclic) bond motifs is 1. The van der Waals surface area contributed by atoms with Crippen molar-refractivity contribution >= 4 is 38.5 Å². The molecule has 176 valence electrons. The maximum atomic E-state index is 14.2. The third-order valence-electron chi connectivity index (χ3n) is 5.92. The fourth-order valence-corrected chi connectivity index (χ4v) is 4.59. The van der Waals surface area contributed by atoms with E-state index in [-0.39, 0.29) is 29.4 Å². The summed E-state index contributed by atoms with van der Waals surface area (Å²) < 4.78 is 21.1. The minimum absolute atomic E-state index is 0.0384. The first-order valence-corrected chi connectivity index (χ1v) is 11.7. The molecule has 0 saturated heterocycles. The Bertz CT molecular complexity index is 1500. The van der Waals surface area contributed by atoms with Crippen LogP contribution < -0.4 is 10.3 Å². The van der Waals surface area contributed by atoms with E-state index in [0.29, 0.717) is 16.6 Å². The Balaban J connectivity index is 1.50. The molecule has 1 aliphatic rings. The normalized spacial score (nSPS) is 15.3. The first-order chi connectivity index (χ1) is 16.9. The van der Waals surface area contributed by atoms with Gasteiger partial charge >= 0.3 is 0 Å². The van der Waals surface area contributed by atoms with Crippen molar-refractivity contribution in [3.63, 3.8) is 0 Å². The molecule has 0 spiro atoms. The molecule has 4 aromatic rings. The number of hydrogen-bond donors (Lipinski definition) is 0. The number of ether oxygens (including phenoxy) is 1. The van der Waals surface area contributed by atoms with Crippen molar-refractivity contribution in [1.82, 2.24) is 14.6 Å². The molecule has 0 aliphatic carbocycles. The summed E-state index contributed by atoms with van der Waals surface area (Å²) in [5, 5.41) is 6.15. The highest BCUT2D eigenvalue weighted by molar-refractivity contribution is 9.10. The first-order valence-electron chi connectivity index (χ1n) is 10.9. The van der Waals surface area contributed by atoms with Crippen LogP contribution in [0.5, 0.6) is 5.75 Å². The minimum Gasteiger partial charge on any atom is -0.497 e. The van der Waals surface area contributed by atoms with Crippen LogP contribution in [0.15, 0.2) is 87.4 Å². The quantitative estimate of drug-likeness (QED) is 0.372. The molecule has 0 N–H and O–H groups in total. The molecule has 5 rings (SSSR count). The van der Waals surface area contributed by atoms with Crippen molar-refractivity contribution in [3.05, 3.63) is 105 Å². The van der Waals surface area contributed by atoms with Crippen molar-refractivity contribution in [3.8, 4) is 5.75 Å². The number of carbonyl (C=O) groups is 1. The van der Waals surface area contributed by atoms with E-state index in [1.807, 2.05) is 54.6 Å². The zero-order chi connectivity index (χ0) is 24.5. The average Bonchev–Trinajstić information content (AvgIpc) is 3.32. The van der Waals surface area contributed by atoms with Gasteiger partial charge in [-0.05, 0) is 35.4 Å². The monoisotopic (exact) mass is 534 g/mol. The molecule has 0 fully saturated rings. The smallest absolute Gasteiger partial charge is 0.263 e. The summed E-state index contributed by atoms with van der Waals surface area (Å²) >= 11 is 3.20. The molecule has 9 heteroatoms. The Labute approximate surface area is 208 Å². The fraction of sp³-hybridized carbons (Fsp3) is 0.154. The molecule has 0 saturated carbocycles. The average molecular weight is 535 g/mol. The van der Waals surface area contributed by atoms with Gasteiger partial charge in [-0.2, -0.15) is 5.10 Å². The van der Waals surface area contributed by atoms with Crippen LogP contribution >= 0.6 is 15.9 Å². The number of nitrogens with zero attached hydrogens (tertiary/aromatic N) is 4. The van der Waals surface area contributed by atoms with E-state index in [1.165, 1.54) is 28.0 Å². The van der Waals surface area contributed by atoms with Crippen LogP contribution in [0.3, 0.4) is 0 Å². The van der Waals surface area contributed by atoms with E-state index in [9.17, 15) is 14.0 Å². The van der Waals surface area contributed by atoms with Gasteiger partial charge in [0.15, 0.2) is 5.82 Å². The SMILES string of the molecule is COc1ccc(C2CC(c3ccccc3)=NN2C(=O)Cn2cnc3c(F)cc(Br)cc3c2=O)cc1. The van der Waals surface area contributed by atoms with Crippen LogP contribution in [0.2, 0.25) is 0 Å². The molecule has 7 nitrogen and oxygen atoms in total. The number of aromatic nitrogens is 2. The maximum Gasteiger partial charge on any atom is 0.263 e. The minimum atomic E-state index is -0.610. The van der Waals surface area contributed by atoms with Crippen LogP contribution in [0.1, 0.15) is 23.6 Å². The molecule has 2 heterocycles. The summed E-state index contributed by atoms with van der Waals surface area (Å²) in [6.45, 7) is -0.284. The van der Waals surface area contributed by atoms with Crippen LogP contribution in [-0.4, -0.2) is 33.3 Å². The van der Waals surface area contributed by atoms with Crippen LogP contribution in [0.4, 0.5) is 4.39 Å². The molecule has 1 aliphatic heterocycles. The highest BCUT2D eigenvalue weighted by Gasteiger charge is 2.33. The van der Waals surface area contributed by atoms with Gasteiger partial charge in [0.05, 0.1) is 30.6 Å². The molecule has 1 aromatic heterocycles. The fourth-order valence-electron chi connectivity index (χ4n) is 4.16. The van der Waals surface area contributed by atoms with Crippen molar-refractivity contribution in [2.45, 2.75) is 19.0 Å². The Morgan fingerprint density at radius 2 is 1.89 bits per heavy atom. The van der Waals surface area contributed by atoms with Crippen molar-refractivity contribution in [2.24, 2.45) is 5.10 Å². The van der Waals surface area contributed by atoms with E-state index in [2.05, 4.69) is 26.0 Å². The molecule has 1 unspecified atom stereocenters. The second kappa shape index (κ2) is 9.42. The molecule has 35 heavy (non-hydrogen) atoms. The summed E-state index contributed by atoms with van der Waals surface area (Å²) in [7, 11) is 1.59. The van der Waals surface area contributed by atoms with Crippen LogP contribution in [0.25, 0.3) is 10.9 Å². The van der Waals surface area contributed by atoms with Crippen molar-refractivity contribution in [2.75, 3.05) is 7.11 Å².